The van der Waals surface area contributed by atoms with Gasteiger partial charge >= 0.3 is 122 Å². The molecule has 4 atom stereocenters. The van der Waals surface area contributed by atoms with Gasteiger partial charge in [-0.3, -0.25) is 0 Å². The maximum atomic E-state index is 7.05. The SMILES string of the molecule is CC1(C)C2CCCC13C[Se](Cl)(c1ccccc1)OC23. The molecule has 0 aromatic heterocycles. The van der Waals surface area contributed by atoms with Crippen LogP contribution >= 0.6 is 10.1 Å². The number of fused-ring (bicyclic) bond motifs is 2. The van der Waals surface area contributed by atoms with Crippen LogP contribution in [-0.2, 0) is 3.82 Å². The van der Waals surface area contributed by atoms with Gasteiger partial charge < -0.3 is 0 Å². The maximum absolute atomic E-state index is 7.05. The normalized spacial score (nSPS) is 49.8. The Morgan fingerprint density at radius 3 is 2.63 bits per heavy atom. The quantitative estimate of drug-likeness (QED) is 0.705. The topological polar surface area (TPSA) is 9.23 Å². The van der Waals surface area contributed by atoms with Crippen LogP contribution in [0.5, 0.6) is 0 Å². The second kappa shape index (κ2) is 3.80. The van der Waals surface area contributed by atoms with Gasteiger partial charge in [0, 0.05) is 0 Å². The Labute approximate surface area is 122 Å². The Morgan fingerprint density at radius 2 is 2.00 bits per heavy atom. The van der Waals surface area contributed by atoms with E-state index in [4.69, 9.17) is 13.9 Å². The van der Waals surface area contributed by atoms with Gasteiger partial charge in [0.1, 0.15) is 0 Å². The zero-order valence-corrected chi connectivity index (χ0v) is 14.0. The molecule has 2 aliphatic carbocycles. The van der Waals surface area contributed by atoms with Gasteiger partial charge in [0.15, 0.2) is 0 Å². The molecule has 1 aromatic carbocycles. The van der Waals surface area contributed by atoms with Crippen LogP contribution in [0.4, 0.5) is 0 Å². The average Bonchev–Trinajstić information content (AvgIpc) is 2.72. The third kappa shape index (κ3) is 1.42. The van der Waals surface area contributed by atoms with Crippen LogP contribution in [0.15, 0.2) is 30.3 Å². The Kier molecular flexibility index (Phi) is 2.54. The summed E-state index contributed by atoms with van der Waals surface area (Å²) >= 11 is -2.44. The molecule has 2 saturated carbocycles. The first-order valence-corrected chi connectivity index (χ1v) is 12.3. The summed E-state index contributed by atoms with van der Waals surface area (Å²) in [5, 5.41) is 1.13. The Balaban J connectivity index is 1.74. The minimum atomic E-state index is -2.44. The van der Waals surface area contributed by atoms with E-state index in [-0.39, 0.29) is 0 Å². The summed E-state index contributed by atoms with van der Waals surface area (Å²) < 4.78 is 7.83. The molecule has 0 N–H and O–H groups in total. The number of hydrogen-bond donors (Lipinski definition) is 0. The van der Waals surface area contributed by atoms with Crippen molar-refractivity contribution in [2.45, 2.75) is 44.5 Å². The van der Waals surface area contributed by atoms with Crippen molar-refractivity contribution in [3.63, 3.8) is 0 Å². The fraction of sp³-hybridized carbons (Fsp3) is 0.625. The molecule has 1 aliphatic heterocycles. The number of benzene rings is 1. The molecule has 19 heavy (non-hydrogen) atoms. The van der Waals surface area contributed by atoms with Gasteiger partial charge in [-0.25, -0.2) is 0 Å². The van der Waals surface area contributed by atoms with Crippen molar-refractivity contribution in [3.05, 3.63) is 30.3 Å². The molecule has 1 spiro atoms. The van der Waals surface area contributed by atoms with Gasteiger partial charge in [-0.05, 0) is 0 Å². The predicted octanol–water partition coefficient (Wildman–Crippen LogP) is 3.80. The van der Waals surface area contributed by atoms with Gasteiger partial charge in [-0.15, -0.1) is 0 Å². The van der Waals surface area contributed by atoms with E-state index in [1.54, 1.807) is 0 Å². The van der Waals surface area contributed by atoms with E-state index in [1.165, 1.54) is 23.7 Å². The molecular formula is C16H21ClOSe. The molecule has 0 amide bonds. The van der Waals surface area contributed by atoms with Crippen molar-refractivity contribution in [1.29, 1.82) is 0 Å². The Bertz CT molecular complexity index is 517. The molecule has 4 unspecified atom stereocenters. The van der Waals surface area contributed by atoms with Crippen LogP contribution in [0.25, 0.3) is 0 Å². The van der Waals surface area contributed by atoms with Crippen molar-refractivity contribution >= 4 is 26.8 Å². The number of rotatable bonds is 1. The second-order valence-corrected chi connectivity index (χ2v) is 14.0. The van der Waals surface area contributed by atoms with Gasteiger partial charge in [0.05, 0.1) is 0 Å². The number of hydrogen-bond acceptors (Lipinski definition) is 1. The van der Waals surface area contributed by atoms with E-state index < -0.39 is 12.3 Å². The van der Waals surface area contributed by atoms with Crippen molar-refractivity contribution in [1.82, 2.24) is 0 Å². The van der Waals surface area contributed by atoms with Crippen LogP contribution in [0.2, 0.25) is 5.32 Å². The van der Waals surface area contributed by atoms with Crippen LogP contribution < -0.4 is 4.46 Å². The summed E-state index contributed by atoms with van der Waals surface area (Å²) in [5.74, 6) is 0.739. The molecule has 104 valence electrons. The van der Waals surface area contributed by atoms with Gasteiger partial charge in [0.2, 0.25) is 0 Å². The van der Waals surface area contributed by atoms with E-state index in [2.05, 4.69) is 44.2 Å². The third-order valence-corrected chi connectivity index (χ3v) is 12.9. The fourth-order valence-electron chi connectivity index (χ4n) is 4.81. The molecule has 1 nitrogen and oxygen atoms in total. The molecule has 3 heteroatoms. The van der Waals surface area contributed by atoms with Crippen LogP contribution in [0.1, 0.15) is 33.1 Å². The van der Waals surface area contributed by atoms with Crippen LogP contribution in [-0.4, -0.2) is 18.4 Å². The Hall–Kier alpha value is -0.0105. The van der Waals surface area contributed by atoms with Crippen molar-refractivity contribution in [2.24, 2.45) is 16.7 Å². The first kappa shape index (κ1) is 12.7. The summed E-state index contributed by atoms with van der Waals surface area (Å²) in [7, 11) is 7.05. The Morgan fingerprint density at radius 1 is 1.26 bits per heavy atom. The summed E-state index contributed by atoms with van der Waals surface area (Å²) in [4.78, 5) is 0. The van der Waals surface area contributed by atoms with E-state index in [9.17, 15) is 0 Å². The van der Waals surface area contributed by atoms with Gasteiger partial charge in [0.25, 0.3) is 0 Å². The van der Waals surface area contributed by atoms with E-state index in [0.29, 0.717) is 16.9 Å². The van der Waals surface area contributed by atoms with Crippen molar-refractivity contribution in [3.8, 4) is 0 Å². The molecule has 3 aliphatic rings. The van der Waals surface area contributed by atoms with E-state index >= 15 is 0 Å². The van der Waals surface area contributed by atoms with Crippen molar-refractivity contribution < 1.29 is 3.82 Å². The van der Waals surface area contributed by atoms with E-state index in [0.717, 1.165) is 11.2 Å². The first-order chi connectivity index (χ1) is 9.00. The van der Waals surface area contributed by atoms with Gasteiger partial charge in [-0.1, -0.05) is 0 Å². The molecule has 2 bridgehead atoms. The third-order valence-electron chi connectivity index (χ3n) is 6.05. The first-order valence-electron chi connectivity index (χ1n) is 7.24. The van der Waals surface area contributed by atoms with Crippen LogP contribution in [0, 0.1) is 16.7 Å². The van der Waals surface area contributed by atoms with Crippen molar-refractivity contribution in [2.75, 3.05) is 0 Å². The monoisotopic (exact) mass is 344 g/mol. The average molecular weight is 344 g/mol. The van der Waals surface area contributed by atoms with Gasteiger partial charge in [-0.2, -0.15) is 0 Å². The second-order valence-electron chi connectivity index (χ2n) is 6.95. The molecule has 1 saturated heterocycles. The fourth-order valence-corrected chi connectivity index (χ4v) is 12.8. The summed E-state index contributed by atoms with van der Waals surface area (Å²) in [6.45, 7) is 4.89. The zero-order valence-electron chi connectivity index (χ0n) is 11.6. The standard InChI is InChI=1S/C16H21ClOSe/c1-15(2)13-9-6-10-16(15)11-19(17,18-14(13)16)12-7-4-3-5-8-12/h3-5,7-8,13-14H,6,9-11H2,1-2H3. The molecular weight excluding hydrogens is 323 g/mol. The summed E-state index contributed by atoms with van der Waals surface area (Å²) in [6.07, 6.45) is 4.47. The molecule has 4 rings (SSSR count). The predicted molar refractivity (Wildman–Crippen MR) is 80.9 cm³/mol. The molecule has 3 fully saturated rings. The number of halogens is 1. The summed E-state index contributed by atoms with van der Waals surface area (Å²) in [6, 6.07) is 10.6. The molecule has 1 heterocycles. The molecule has 0 radical (unpaired) electrons. The zero-order chi connectivity index (χ0) is 13.3. The van der Waals surface area contributed by atoms with E-state index in [1.807, 2.05) is 0 Å². The van der Waals surface area contributed by atoms with Crippen LogP contribution in [0.3, 0.4) is 0 Å². The molecule has 1 aromatic rings. The minimum absolute atomic E-state index is 0.382. The summed E-state index contributed by atoms with van der Waals surface area (Å²) in [5.41, 5.74) is 0.812.